The molecule has 0 aliphatic carbocycles. The highest BCUT2D eigenvalue weighted by atomic mass is 16.6. The van der Waals surface area contributed by atoms with E-state index in [9.17, 15) is 40.0 Å². The fourth-order valence-corrected chi connectivity index (χ4v) is 4.07. The molecule has 15 nitrogen and oxygen atoms in total. The van der Waals surface area contributed by atoms with Crippen LogP contribution >= 0.6 is 0 Å². The Morgan fingerprint density at radius 3 is 1.38 bits per heavy atom. The van der Waals surface area contributed by atoms with Crippen LogP contribution in [0.15, 0.2) is 42.5 Å². The van der Waals surface area contributed by atoms with E-state index in [1.54, 1.807) is 6.07 Å². The average Bonchev–Trinajstić information content (AvgIpc) is 2.93. The summed E-state index contributed by atoms with van der Waals surface area (Å²) in [7, 11) is 6.27. The highest BCUT2D eigenvalue weighted by Crippen LogP contribution is 2.37. The van der Waals surface area contributed by atoms with Gasteiger partial charge in [-0.15, -0.1) is 0 Å². The van der Waals surface area contributed by atoms with E-state index in [1.165, 1.54) is 14.2 Å². The van der Waals surface area contributed by atoms with Crippen molar-refractivity contribution in [3.8, 4) is 23.0 Å². The number of rotatable bonds is 14. The van der Waals surface area contributed by atoms with Crippen LogP contribution in [-0.4, -0.2) is 65.2 Å². The molecule has 0 aliphatic heterocycles. The number of aromatic carboxylic acids is 2. The molecule has 2 N–H and O–H groups in total. The lowest BCUT2D eigenvalue weighted by Gasteiger charge is -2.16. The third-order valence-electron chi connectivity index (χ3n) is 5.82. The van der Waals surface area contributed by atoms with E-state index >= 15 is 0 Å². The second kappa shape index (κ2) is 13.3. The SMILES string of the molecule is COc1cc(C(=O)O)c([N+](=O)[O-])cc1OCc1cc(COc2cc([N+](=O)[O-])c(C(=O)O)cc2OC)cc(CN(C)C)c1. The number of nitro benzene ring substituents is 2. The molecule has 0 saturated carbocycles. The van der Waals surface area contributed by atoms with Gasteiger partial charge in [0.1, 0.15) is 24.3 Å². The Morgan fingerprint density at radius 2 is 1.07 bits per heavy atom. The number of ether oxygens (including phenoxy) is 4. The van der Waals surface area contributed by atoms with E-state index < -0.39 is 44.3 Å². The summed E-state index contributed by atoms with van der Waals surface area (Å²) in [6, 6.07) is 9.38. The molecule has 0 radical (unpaired) electrons. The Morgan fingerprint density at radius 1 is 0.690 bits per heavy atom. The number of carbonyl (C=O) groups is 2. The summed E-state index contributed by atoms with van der Waals surface area (Å²) in [5.74, 6) is -3.09. The maximum atomic E-state index is 11.5. The van der Waals surface area contributed by atoms with Gasteiger partial charge in [-0.1, -0.05) is 12.1 Å². The lowest BCUT2D eigenvalue weighted by atomic mass is 10.1. The van der Waals surface area contributed by atoms with E-state index in [4.69, 9.17) is 18.9 Å². The molecule has 0 unspecified atom stereocenters. The Hall–Kier alpha value is -5.44. The zero-order chi connectivity index (χ0) is 31.1. The van der Waals surface area contributed by atoms with Gasteiger partial charge < -0.3 is 34.1 Å². The molecule has 0 aromatic heterocycles. The van der Waals surface area contributed by atoms with Crippen molar-refractivity contribution >= 4 is 23.3 Å². The summed E-state index contributed by atoms with van der Waals surface area (Å²) in [4.78, 5) is 46.1. The fourth-order valence-electron chi connectivity index (χ4n) is 4.07. The van der Waals surface area contributed by atoms with Gasteiger partial charge in [0.2, 0.25) is 0 Å². The molecule has 0 saturated heterocycles. The first kappa shape index (κ1) is 31.1. The first-order chi connectivity index (χ1) is 19.8. The number of benzene rings is 3. The van der Waals surface area contributed by atoms with E-state index in [2.05, 4.69) is 0 Å². The van der Waals surface area contributed by atoms with Crippen molar-refractivity contribution in [2.45, 2.75) is 19.8 Å². The molecule has 3 aromatic rings. The molecule has 42 heavy (non-hydrogen) atoms. The summed E-state index contributed by atoms with van der Waals surface area (Å²) in [6.07, 6.45) is 0. The third-order valence-corrected chi connectivity index (χ3v) is 5.82. The number of carboxylic acid groups (broad SMARTS) is 2. The van der Waals surface area contributed by atoms with Crippen LogP contribution in [0, 0.1) is 20.2 Å². The number of carboxylic acids is 2. The molecule has 0 aliphatic rings. The van der Waals surface area contributed by atoms with Crippen molar-refractivity contribution in [1.29, 1.82) is 0 Å². The van der Waals surface area contributed by atoms with Gasteiger partial charge in [0.05, 0.1) is 36.2 Å². The van der Waals surface area contributed by atoms with Crippen LogP contribution in [0.3, 0.4) is 0 Å². The summed E-state index contributed by atoms with van der Waals surface area (Å²) in [5.41, 5.74) is -0.333. The predicted octanol–water partition coefficient (Wildman–Crippen LogP) is 4.14. The quantitative estimate of drug-likeness (QED) is 0.202. The molecule has 3 aromatic carbocycles. The molecule has 15 heteroatoms. The molecule has 0 spiro atoms. The number of nitro groups is 2. The van der Waals surface area contributed by atoms with Gasteiger partial charge in [-0.2, -0.15) is 0 Å². The Bertz CT molecular complexity index is 1430. The number of hydrogen-bond acceptors (Lipinski definition) is 11. The summed E-state index contributed by atoms with van der Waals surface area (Å²) < 4.78 is 22.0. The normalized spacial score (nSPS) is 10.7. The molecule has 0 fully saturated rings. The molecule has 222 valence electrons. The third kappa shape index (κ3) is 7.39. The van der Waals surface area contributed by atoms with Crippen LogP contribution in [0.4, 0.5) is 11.4 Å². The fraction of sp³-hybridized carbons (Fsp3) is 0.259. The predicted molar refractivity (Wildman–Crippen MR) is 146 cm³/mol. The average molecular weight is 586 g/mol. The molecule has 0 heterocycles. The van der Waals surface area contributed by atoms with E-state index in [-0.39, 0.29) is 36.2 Å². The van der Waals surface area contributed by atoms with E-state index in [0.29, 0.717) is 17.7 Å². The van der Waals surface area contributed by atoms with E-state index in [1.807, 2.05) is 31.1 Å². The van der Waals surface area contributed by atoms with Crippen molar-refractivity contribution in [1.82, 2.24) is 4.90 Å². The summed E-state index contributed by atoms with van der Waals surface area (Å²) in [5, 5.41) is 41.5. The second-order valence-electron chi connectivity index (χ2n) is 9.14. The second-order valence-corrected chi connectivity index (χ2v) is 9.14. The Balaban J connectivity index is 1.93. The minimum absolute atomic E-state index is 0.00972. The molecular weight excluding hydrogens is 558 g/mol. The highest BCUT2D eigenvalue weighted by Gasteiger charge is 2.26. The highest BCUT2D eigenvalue weighted by molar-refractivity contribution is 5.94. The maximum absolute atomic E-state index is 11.5. The first-order valence-electron chi connectivity index (χ1n) is 12.1. The molecule has 0 amide bonds. The van der Waals surface area contributed by atoms with Gasteiger partial charge in [-0.05, 0) is 36.9 Å². The largest absolute Gasteiger partial charge is 0.493 e. The van der Waals surface area contributed by atoms with Crippen molar-refractivity contribution in [2.24, 2.45) is 0 Å². The summed E-state index contributed by atoms with van der Waals surface area (Å²) >= 11 is 0. The zero-order valence-corrected chi connectivity index (χ0v) is 23.0. The molecule has 0 atom stereocenters. The lowest BCUT2D eigenvalue weighted by Crippen LogP contribution is -2.12. The lowest BCUT2D eigenvalue weighted by molar-refractivity contribution is -0.385. The van der Waals surface area contributed by atoms with Crippen LogP contribution in [0.25, 0.3) is 0 Å². The van der Waals surface area contributed by atoms with Gasteiger partial charge >= 0.3 is 11.9 Å². The van der Waals surface area contributed by atoms with Crippen LogP contribution in [0.5, 0.6) is 23.0 Å². The molecular formula is C27H27N3O12. The number of methoxy groups -OCH3 is 2. The van der Waals surface area contributed by atoms with Gasteiger partial charge in [-0.3, -0.25) is 20.2 Å². The Labute approximate surface area is 238 Å². The topological polar surface area (TPSA) is 201 Å². The van der Waals surface area contributed by atoms with Crippen LogP contribution in [0.2, 0.25) is 0 Å². The standard InChI is InChI=1S/C27H27N3O12/c1-28(2)12-15-5-16(13-41-24-10-20(29(35)36)18(26(31)32)8-22(24)39-3)7-17(6-15)14-42-25-11-21(30(37)38)19(27(33)34)9-23(25)40-4/h5-11H,12-14H2,1-4H3,(H,31,32)(H,33,34). The monoisotopic (exact) mass is 585 g/mol. The van der Waals surface area contributed by atoms with Crippen LogP contribution < -0.4 is 18.9 Å². The van der Waals surface area contributed by atoms with E-state index in [0.717, 1.165) is 29.8 Å². The number of nitrogens with zero attached hydrogens (tertiary/aromatic N) is 3. The van der Waals surface area contributed by atoms with Crippen LogP contribution in [0.1, 0.15) is 37.4 Å². The van der Waals surface area contributed by atoms with Gasteiger partial charge in [0, 0.05) is 18.7 Å². The smallest absolute Gasteiger partial charge is 0.342 e. The molecule has 0 bridgehead atoms. The van der Waals surface area contributed by atoms with Crippen molar-refractivity contribution in [3.63, 3.8) is 0 Å². The van der Waals surface area contributed by atoms with Crippen molar-refractivity contribution in [3.05, 3.63) is 90.5 Å². The molecule has 3 rings (SSSR count). The van der Waals surface area contributed by atoms with Crippen molar-refractivity contribution < 1.29 is 48.6 Å². The summed E-state index contributed by atoms with van der Waals surface area (Å²) in [6.45, 7) is 0.345. The van der Waals surface area contributed by atoms with Gasteiger partial charge in [-0.25, -0.2) is 9.59 Å². The zero-order valence-electron chi connectivity index (χ0n) is 23.0. The first-order valence-corrected chi connectivity index (χ1v) is 12.1. The van der Waals surface area contributed by atoms with Crippen LogP contribution in [-0.2, 0) is 19.8 Å². The maximum Gasteiger partial charge on any atom is 0.342 e. The minimum atomic E-state index is -1.49. The Kier molecular flexibility index (Phi) is 9.83. The van der Waals surface area contributed by atoms with Gasteiger partial charge in [0.25, 0.3) is 11.4 Å². The number of hydrogen-bond donors (Lipinski definition) is 2. The minimum Gasteiger partial charge on any atom is -0.493 e. The van der Waals surface area contributed by atoms with Gasteiger partial charge in [0.15, 0.2) is 23.0 Å². The van der Waals surface area contributed by atoms with Crippen molar-refractivity contribution in [2.75, 3.05) is 28.3 Å².